The van der Waals surface area contributed by atoms with Crippen LogP contribution in [0, 0.1) is 5.92 Å². The van der Waals surface area contributed by atoms with Gasteiger partial charge in [-0.25, -0.2) is 9.97 Å². The van der Waals surface area contributed by atoms with E-state index in [4.69, 9.17) is 16.6 Å². The maximum absolute atomic E-state index is 12.4. The van der Waals surface area contributed by atoms with Crippen LogP contribution in [0.1, 0.15) is 19.3 Å². The Morgan fingerprint density at radius 2 is 1.93 bits per heavy atom. The van der Waals surface area contributed by atoms with Gasteiger partial charge in [0.2, 0.25) is 11.9 Å². The molecule has 2 heterocycles. The summed E-state index contributed by atoms with van der Waals surface area (Å²) in [6, 6.07) is 15.7. The van der Waals surface area contributed by atoms with Gasteiger partial charge in [0.1, 0.15) is 0 Å². The zero-order chi connectivity index (χ0) is 19.1. The molecule has 3 atom stereocenters. The van der Waals surface area contributed by atoms with E-state index in [-0.39, 0.29) is 24.2 Å². The van der Waals surface area contributed by atoms with Crippen LogP contribution >= 0.6 is 11.6 Å². The fraction of sp³-hybridized carbons (Fsp3) is 0.286. The quantitative estimate of drug-likeness (QED) is 0.634. The molecule has 2 fully saturated rings. The predicted octanol–water partition coefficient (Wildman–Crippen LogP) is 3.53. The maximum atomic E-state index is 12.4. The van der Waals surface area contributed by atoms with Crippen LogP contribution in [0.4, 0.5) is 5.95 Å². The van der Waals surface area contributed by atoms with Crippen LogP contribution in [0.2, 0.25) is 5.02 Å². The van der Waals surface area contributed by atoms with Crippen molar-refractivity contribution in [2.45, 2.75) is 31.6 Å². The van der Waals surface area contributed by atoms with E-state index in [0.717, 1.165) is 41.4 Å². The Balaban J connectivity index is 1.51. The maximum Gasteiger partial charge on any atom is 0.227 e. The van der Waals surface area contributed by atoms with Crippen molar-refractivity contribution in [3.05, 3.63) is 53.6 Å². The summed E-state index contributed by atoms with van der Waals surface area (Å²) in [6.07, 6.45) is 2.65. The molecule has 7 heteroatoms. The second-order valence-corrected chi connectivity index (χ2v) is 7.76. The molecule has 0 radical (unpaired) electrons. The first-order valence-electron chi connectivity index (χ1n) is 9.53. The first-order chi connectivity index (χ1) is 13.7. The van der Waals surface area contributed by atoms with Crippen LogP contribution in [0.5, 0.6) is 0 Å². The fourth-order valence-corrected chi connectivity index (χ4v) is 4.34. The van der Waals surface area contributed by atoms with E-state index in [9.17, 15) is 4.79 Å². The van der Waals surface area contributed by atoms with Crippen LogP contribution in [0.25, 0.3) is 22.2 Å². The molecule has 1 aliphatic heterocycles. The minimum absolute atomic E-state index is 0.0672. The molecular weight excluding hydrogens is 374 g/mol. The van der Waals surface area contributed by atoms with Crippen LogP contribution in [-0.4, -0.2) is 28.2 Å². The lowest BCUT2D eigenvalue weighted by molar-refractivity contribution is -0.128. The number of rotatable bonds is 3. The van der Waals surface area contributed by atoms with Crippen LogP contribution in [-0.2, 0) is 4.79 Å². The van der Waals surface area contributed by atoms with Crippen molar-refractivity contribution >= 4 is 34.4 Å². The summed E-state index contributed by atoms with van der Waals surface area (Å²) in [5.74, 6) is 0.620. The molecular formula is C21H20ClN5O. The van der Waals surface area contributed by atoms with Gasteiger partial charge in [-0.1, -0.05) is 48.4 Å². The number of anilines is 1. The van der Waals surface area contributed by atoms with Crippen molar-refractivity contribution in [2.24, 2.45) is 5.92 Å². The molecule has 1 aromatic heterocycles. The highest BCUT2D eigenvalue weighted by Gasteiger charge is 2.39. The number of carbonyl (C=O) groups excluding carboxylic acids is 1. The van der Waals surface area contributed by atoms with Gasteiger partial charge < -0.3 is 10.6 Å². The van der Waals surface area contributed by atoms with E-state index in [0.29, 0.717) is 11.0 Å². The lowest BCUT2D eigenvalue weighted by Gasteiger charge is -2.34. The van der Waals surface area contributed by atoms with Gasteiger partial charge in [0.15, 0.2) is 6.29 Å². The molecule has 1 saturated carbocycles. The van der Waals surface area contributed by atoms with Gasteiger partial charge in [0.25, 0.3) is 0 Å². The Morgan fingerprint density at radius 3 is 2.79 bits per heavy atom. The predicted molar refractivity (Wildman–Crippen MR) is 110 cm³/mol. The van der Waals surface area contributed by atoms with Crippen LogP contribution in [0.15, 0.2) is 48.5 Å². The molecule has 1 amide bonds. The third-order valence-electron chi connectivity index (χ3n) is 5.50. The zero-order valence-electron chi connectivity index (χ0n) is 15.2. The molecule has 3 unspecified atom stereocenters. The second-order valence-electron chi connectivity index (χ2n) is 7.32. The number of nitrogens with zero attached hydrogens (tertiary/aromatic N) is 2. The highest BCUT2D eigenvalue weighted by atomic mass is 35.5. The van der Waals surface area contributed by atoms with E-state index < -0.39 is 0 Å². The number of hydrogen-bond acceptors (Lipinski definition) is 5. The van der Waals surface area contributed by atoms with Gasteiger partial charge >= 0.3 is 0 Å². The number of benzene rings is 2. The molecule has 142 valence electrons. The fourth-order valence-electron chi connectivity index (χ4n) is 4.17. The van der Waals surface area contributed by atoms with Gasteiger partial charge in [0, 0.05) is 22.0 Å². The van der Waals surface area contributed by atoms with E-state index in [1.54, 1.807) is 0 Å². The van der Waals surface area contributed by atoms with Gasteiger partial charge in [-0.05, 0) is 31.0 Å². The largest absolute Gasteiger partial charge is 0.323 e. The number of nitrogens with one attached hydrogen (secondary N) is 3. The Kier molecular flexibility index (Phi) is 4.37. The first-order valence-corrected chi connectivity index (χ1v) is 9.91. The highest BCUT2D eigenvalue weighted by molar-refractivity contribution is 6.31. The highest BCUT2D eigenvalue weighted by Crippen LogP contribution is 2.31. The smallest absolute Gasteiger partial charge is 0.227 e. The average Bonchev–Trinajstić information content (AvgIpc) is 3.17. The molecule has 3 N–H and O–H groups in total. The van der Waals surface area contributed by atoms with E-state index in [1.807, 2.05) is 48.5 Å². The van der Waals surface area contributed by atoms with Crippen molar-refractivity contribution in [1.29, 1.82) is 0 Å². The first kappa shape index (κ1) is 17.4. The van der Waals surface area contributed by atoms with Gasteiger partial charge in [-0.3, -0.25) is 10.1 Å². The topological polar surface area (TPSA) is 78.9 Å². The van der Waals surface area contributed by atoms with E-state index in [1.165, 1.54) is 0 Å². The molecule has 0 spiro atoms. The van der Waals surface area contributed by atoms with Crippen molar-refractivity contribution in [3.8, 4) is 11.3 Å². The number of carbonyl (C=O) groups is 1. The monoisotopic (exact) mass is 393 g/mol. The van der Waals surface area contributed by atoms with E-state index in [2.05, 4.69) is 20.9 Å². The van der Waals surface area contributed by atoms with Gasteiger partial charge in [0.05, 0.1) is 17.1 Å². The second kappa shape index (κ2) is 7.04. The molecule has 2 aromatic carbocycles. The van der Waals surface area contributed by atoms with Crippen LogP contribution in [0.3, 0.4) is 0 Å². The third kappa shape index (κ3) is 3.19. The number of hydrogen-bond donors (Lipinski definition) is 3. The lowest BCUT2D eigenvalue weighted by atomic mass is 10.0. The summed E-state index contributed by atoms with van der Waals surface area (Å²) in [5.41, 5.74) is 2.58. The van der Waals surface area contributed by atoms with Gasteiger partial charge in [-0.2, -0.15) is 0 Å². The molecule has 3 aromatic rings. The molecule has 5 rings (SSSR count). The average molecular weight is 394 g/mol. The lowest BCUT2D eigenvalue weighted by Crippen LogP contribution is -2.62. The van der Waals surface area contributed by atoms with Crippen molar-refractivity contribution in [1.82, 2.24) is 20.6 Å². The number of amides is 1. The Labute approximate surface area is 167 Å². The summed E-state index contributed by atoms with van der Waals surface area (Å²) < 4.78 is 0. The van der Waals surface area contributed by atoms with Gasteiger partial charge in [-0.15, -0.1) is 0 Å². The molecule has 1 saturated heterocycles. The Hall–Kier alpha value is -2.70. The SMILES string of the molecule is O=C1NC(Nc2nc(-c3ccccc3)c3cc(Cl)ccc3n2)NC2CCCC12. The standard InChI is InChI=1S/C21H20ClN5O/c22-13-9-10-17-15(11-13)18(12-5-2-1-3-6-12)25-20(24-17)27-21-23-16-8-4-7-14(16)19(28)26-21/h1-3,5-6,9-11,14,16,21,23H,4,7-8H2,(H,26,28)(H,24,25,27). The third-order valence-corrected chi connectivity index (χ3v) is 5.73. The Morgan fingerprint density at radius 1 is 1.07 bits per heavy atom. The minimum atomic E-state index is -0.389. The molecule has 28 heavy (non-hydrogen) atoms. The summed E-state index contributed by atoms with van der Waals surface area (Å²) in [5, 5.41) is 11.2. The van der Waals surface area contributed by atoms with Crippen molar-refractivity contribution < 1.29 is 4.79 Å². The van der Waals surface area contributed by atoms with Crippen LogP contribution < -0.4 is 16.0 Å². The van der Waals surface area contributed by atoms with Crippen molar-refractivity contribution in [3.63, 3.8) is 0 Å². The summed E-state index contributed by atoms with van der Waals surface area (Å²) >= 11 is 6.21. The Bertz CT molecular complexity index is 1040. The zero-order valence-corrected chi connectivity index (χ0v) is 15.9. The summed E-state index contributed by atoms with van der Waals surface area (Å²) in [7, 11) is 0. The minimum Gasteiger partial charge on any atom is -0.323 e. The molecule has 0 bridgehead atoms. The number of halogens is 1. The van der Waals surface area contributed by atoms with Crippen molar-refractivity contribution in [2.75, 3.05) is 5.32 Å². The molecule has 2 aliphatic rings. The number of fused-ring (bicyclic) bond motifs is 2. The summed E-state index contributed by atoms with van der Waals surface area (Å²) in [6.45, 7) is 0. The summed E-state index contributed by atoms with van der Waals surface area (Å²) in [4.78, 5) is 21.7. The normalized spacial score (nSPS) is 24.0. The van der Waals surface area contributed by atoms with E-state index >= 15 is 0 Å². The number of aromatic nitrogens is 2. The molecule has 6 nitrogen and oxygen atoms in total. The molecule has 1 aliphatic carbocycles.